The predicted octanol–water partition coefficient (Wildman–Crippen LogP) is 3.83. The highest BCUT2D eigenvalue weighted by Gasteiger charge is 2.08. The average molecular weight is 280 g/mol. The van der Waals surface area contributed by atoms with E-state index in [2.05, 4.69) is 15.6 Å². The van der Waals surface area contributed by atoms with Gasteiger partial charge in [-0.25, -0.2) is 4.98 Å². The Morgan fingerprint density at radius 2 is 1.94 bits per heavy atom. The lowest BCUT2D eigenvalue weighted by molar-refractivity contribution is 0.675. The number of fused-ring (bicyclic) bond motifs is 1. The minimum atomic E-state index is 0. The van der Waals surface area contributed by atoms with Crippen LogP contribution in [0, 0.1) is 0 Å². The fourth-order valence-corrected chi connectivity index (χ4v) is 2.02. The summed E-state index contributed by atoms with van der Waals surface area (Å²) in [7, 11) is 0. The van der Waals surface area contributed by atoms with Crippen molar-refractivity contribution in [3.63, 3.8) is 0 Å². The number of para-hydroxylation sites is 2. The van der Waals surface area contributed by atoms with Crippen LogP contribution >= 0.6 is 35.6 Å². The van der Waals surface area contributed by atoms with Gasteiger partial charge < -0.3 is 4.57 Å². The number of hydrogen-bond acceptors (Lipinski definition) is 1. The van der Waals surface area contributed by atoms with Crippen molar-refractivity contribution in [1.29, 1.82) is 0 Å². The zero-order chi connectivity index (χ0) is 10.7. The molecule has 0 aliphatic heterocycles. The number of nitrogens with zero attached hydrogens (tertiary/aromatic N) is 2. The van der Waals surface area contributed by atoms with Crippen LogP contribution in [-0.4, -0.2) is 15.4 Å². The Hall–Kier alpha value is -0.440. The number of imidazole rings is 1. The van der Waals surface area contributed by atoms with Gasteiger partial charge in [-0.3, -0.25) is 0 Å². The van der Waals surface area contributed by atoms with Crippen LogP contribution < -0.4 is 0 Å². The van der Waals surface area contributed by atoms with Crippen LogP contribution in [0.2, 0.25) is 0 Å². The first kappa shape index (κ1) is 13.6. The molecule has 0 spiro atoms. The summed E-state index contributed by atoms with van der Waals surface area (Å²) < 4.78 is 2.14. The van der Waals surface area contributed by atoms with Gasteiger partial charge in [0.15, 0.2) is 0 Å². The second-order valence-corrected chi connectivity index (χ2v) is 3.99. The number of rotatable bonds is 4. The van der Waals surface area contributed by atoms with Crippen molar-refractivity contribution < 1.29 is 0 Å². The summed E-state index contributed by atoms with van der Waals surface area (Å²) in [6.45, 7) is 0.881. The number of aromatic nitrogens is 2. The van der Waals surface area contributed by atoms with Crippen LogP contribution in [0.4, 0.5) is 0 Å². The van der Waals surface area contributed by atoms with E-state index in [1.54, 1.807) is 0 Å². The third kappa shape index (κ3) is 2.62. The highest BCUT2D eigenvalue weighted by molar-refractivity contribution is 6.17. The summed E-state index contributed by atoms with van der Waals surface area (Å²) >= 11 is 11.6. The highest BCUT2D eigenvalue weighted by Crippen LogP contribution is 2.17. The summed E-state index contributed by atoms with van der Waals surface area (Å²) in [6, 6.07) is 8.06. The molecule has 1 aromatic carbocycles. The van der Waals surface area contributed by atoms with Gasteiger partial charge in [-0.1, -0.05) is 12.1 Å². The molecule has 0 N–H and O–H groups in total. The molecule has 0 aliphatic carbocycles. The average Bonchev–Trinajstić information content (AvgIpc) is 2.64. The number of alkyl halides is 2. The first-order valence-electron chi connectivity index (χ1n) is 4.93. The molecule has 16 heavy (non-hydrogen) atoms. The first-order chi connectivity index (χ1) is 7.36. The van der Waals surface area contributed by atoms with Gasteiger partial charge in [-0.2, -0.15) is 0 Å². The van der Waals surface area contributed by atoms with E-state index in [9.17, 15) is 0 Å². The lowest BCUT2D eigenvalue weighted by atomic mass is 10.3. The van der Waals surface area contributed by atoms with E-state index < -0.39 is 0 Å². The molecule has 0 amide bonds. The lowest BCUT2D eigenvalue weighted by Crippen LogP contribution is -2.02. The van der Waals surface area contributed by atoms with Crippen molar-refractivity contribution in [3.05, 3.63) is 30.1 Å². The summed E-state index contributed by atoms with van der Waals surface area (Å²) in [5, 5.41) is 0. The van der Waals surface area contributed by atoms with Gasteiger partial charge >= 0.3 is 0 Å². The van der Waals surface area contributed by atoms with Crippen molar-refractivity contribution in [1.82, 2.24) is 9.55 Å². The van der Waals surface area contributed by atoms with E-state index in [0.717, 1.165) is 29.8 Å². The molecule has 5 heteroatoms. The number of hydrogen-bond donors (Lipinski definition) is 0. The normalized spacial score (nSPS) is 10.4. The maximum absolute atomic E-state index is 5.87. The fraction of sp³-hybridized carbons (Fsp3) is 0.364. The number of halogens is 3. The van der Waals surface area contributed by atoms with E-state index in [1.807, 2.05) is 18.2 Å². The van der Waals surface area contributed by atoms with E-state index in [1.165, 1.54) is 0 Å². The zero-order valence-electron chi connectivity index (χ0n) is 8.70. The Morgan fingerprint density at radius 3 is 2.62 bits per heavy atom. The van der Waals surface area contributed by atoms with Crippen LogP contribution in [0.5, 0.6) is 0 Å². The molecule has 1 heterocycles. The molecule has 0 aliphatic rings. The molecule has 0 radical (unpaired) electrons. The molecule has 0 fully saturated rings. The molecule has 0 saturated carbocycles. The maximum Gasteiger partial charge on any atom is 0.124 e. The van der Waals surface area contributed by atoms with Gasteiger partial charge in [0.05, 0.1) is 16.9 Å². The largest absolute Gasteiger partial charge is 0.327 e. The monoisotopic (exact) mass is 278 g/mol. The minimum Gasteiger partial charge on any atom is -0.327 e. The Bertz CT molecular complexity index is 453. The first-order valence-corrected chi connectivity index (χ1v) is 6.00. The molecule has 2 nitrogen and oxygen atoms in total. The molecule has 0 unspecified atom stereocenters. The molecule has 2 aromatic rings. The van der Waals surface area contributed by atoms with Gasteiger partial charge in [-0.15, -0.1) is 35.6 Å². The Kier molecular flexibility index (Phi) is 5.39. The van der Waals surface area contributed by atoms with Crippen LogP contribution in [-0.2, 0) is 12.4 Å². The van der Waals surface area contributed by atoms with Crippen molar-refractivity contribution in [2.75, 3.05) is 5.88 Å². The van der Waals surface area contributed by atoms with E-state index in [-0.39, 0.29) is 12.4 Å². The number of benzene rings is 1. The van der Waals surface area contributed by atoms with Gasteiger partial charge in [0, 0.05) is 12.4 Å². The van der Waals surface area contributed by atoms with E-state index in [4.69, 9.17) is 23.2 Å². The van der Waals surface area contributed by atoms with E-state index >= 15 is 0 Å². The van der Waals surface area contributed by atoms with Gasteiger partial charge in [0.1, 0.15) is 5.82 Å². The Balaban J connectivity index is 0.00000128. The van der Waals surface area contributed by atoms with Crippen LogP contribution in [0.1, 0.15) is 12.2 Å². The van der Waals surface area contributed by atoms with Gasteiger partial charge in [-0.05, 0) is 18.6 Å². The minimum absolute atomic E-state index is 0. The molecular weight excluding hydrogens is 266 g/mol. The molecule has 0 saturated heterocycles. The summed E-state index contributed by atoms with van der Waals surface area (Å²) in [5.41, 5.74) is 2.14. The quantitative estimate of drug-likeness (QED) is 0.778. The van der Waals surface area contributed by atoms with Crippen LogP contribution in [0.25, 0.3) is 11.0 Å². The van der Waals surface area contributed by atoms with Crippen molar-refractivity contribution in [2.45, 2.75) is 18.8 Å². The molecular formula is C11H13Cl3N2. The SMILES string of the molecule is Cl.ClCCCn1c(CCl)nc2ccccc21. The van der Waals surface area contributed by atoms with Crippen molar-refractivity contribution >= 4 is 46.6 Å². The molecule has 0 atom stereocenters. The Morgan fingerprint density at radius 1 is 1.19 bits per heavy atom. The molecule has 2 rings (SSSR count). The standard InChI is InChI=1S/C11H12Cl2N2.ClH/c12-6-3-7-15-10-5-2-1-4-9(10)14-11(15)8-13;/h1-2,4-5H,3,6-8H2;1H. The lowest BCUT2D eigenvalue weighted by Gasteiger charge is -2.05. The summed E-state index contributed by atoms with van der Waals surface area (Å²) in [5.74, 6) is 2.02. The second-order valence-electron chi connectivity index (χ2n) is 3.34. The van der Waals surface area contributed by atoms with Gasteiger partial charge in [0.25, 0.3) is 0 Å². The van der Waals surface area contributed by atoms with Crippen LogP contribution in [0.15, 0.2) is 24.3 Å². The van der Waals surface area contributed by atoms with Crippen molar-refractivity contribution in [3.8, 4) is 0 Å². The van der Waals surface area contributed by atoms with Gasteiger partial charge in [0.2, 0.25) is 0 Å². The topological polar surface area (TPSA) is 17.8 Å². The predicted molar refractivity (Wildman–Crippen MR) is 71.9 cm³/mol. The number of aryl methyl sites for hydroxylation is 1. The highest BCUT2D eigenvalue weighted by atomic mass is 35.5. The van der Waals surface area contributed by atoms with E-state index in [0.29, 0.717) is 11.8 Å². The van der Waals surface area contributed by atoms with Crippen LogP contribution in [0.3, 0.4) is 0 Å². The smallest absolute Gasteiger partial charge is 0.124 e. The Labute approximate surface area is 111 Å². The third-order valence-corrected chi connectivity index (χ3v) is 2.87. The maximum atomic E-state index is 5.87. The summed E-state index contributed by atoms with van der Waals surface area (Å²) in [6.07, 6.45) is 0.936. The fourth-order valence-electron chi connectivity index (χ4n) is 1.69. The van der Waals surface area contributed by atoms with Crippen molar-refractivity contribution in [2.24, 2.45) is 0 Å². The third-order valence-electron chi connectivity index (χ3n) is 2.37. The zero-order valence-corrected chi connectivity index (χ0v) is 11.0. The molecule has 0 bridgehead atoms. The molecule has 88 valence electrons. The molecule has 1 aromatic heterocycles. The summed E-state index contributed by atoms with van der Waals surface area (Å²) in [4.78, 5) is 4.47. The second kappa shape index (κ2) is 6.33.